The van der Waals surface area contributed by atoms with Gasteiger partial charge in [0, 0.05) is 12.3 Å². The molecular weight excluding hydrogens is 142 g/mol. The van der Waals surface area contributed by atoms with E-state index in [0.717, 1.165) is 0 Å². The molecule has 0 rings (SSSR count). The minimum absolute atomic E-state index is 1.17. The minimum atomic E-state index is 1.17. The van der Waals surface area contributed by atoms with Crippen molar-refractivity contribution in [1.29, 1.82) is 0 Å². The maximum atomic E-state index is 3.31. The Bertz CT molecular complexity index is 49.2. The SMILES string of the molecule is CCCCCCNSCC. The Morgan fingerprint density at radius 3 is 2.50 bits per heavy atom. The predicted octanol–water partition coefficient (Wildman–Crippen LogP) is 2.82. The Morgan fingerprint density at radius 2 is 1.90 bits per heavy atom. The van der Waals surface area contributed by atoms with Crippen LogP contribution in [0.2, 0.25) is 0 Å². The fourth-order valence-corrected chi connectivity index (χ4v) is 1.29. The summed E-state index contributed by atoms with van der Waals surface area (Å²) in [5.74, 6) is 1.17. The summed E-state index contributed by atoms with van der Waals surface area (Å²) in [5.41, 5.74) is 0. The first-order chi connectivity index (χ1) is 4.91. The van der Waals surface area contributed by atoms with Crippen molar-refractivity contribution in [3.8, 4) is 0 Å². The van der Waals surface area contributed by atoms with E-state index in [2.05, 4.69) is 18.6 Å². The summed E-state index contributed by atoms with van der Waals surface area (Å²) in [4.78, 5) is 0. The summed E-state index contributed by atoms with van der Waals surface area (Å²) in [6.45, 7) is 5.59. The van der Waals surface area contributed by atoms with Gasteiger partial charge in [0.1, 0.15) is 0 Å². The fraction of sp³-hybridized carbons (Fsp3) is 1.00. The second-order valence-corrected chi connectivity index (χ2v) is 3.54. The van der Waals surface area contributed by atoms with Gasteiger partial charge in [0.15, 0.2) is 0 Å². The molecule has 0 aliphatic carbocycles. The molecule has 0 bridgehead atoms. The maximum absolute atomic E-state index is 3.31. The molecule has 0 aromatic rings. The van der Waals surface area contributed by atoms with Gasteiger partial charge in [0.25, 0.3) is 0 Å². The van der Waals surface area contributed by atoms with Gasteiger partial charge < -0.3 is 0 Å². The van der Waals surface area contributed by atoms with E-state index in [1.807, 2.05) is 11.9 Å². The van der Waals surface area contributed by atoms with Crippen molar-refractivity contribution < 1.29 is 0 Å². The van der Waals surface area contributed by atoms with Gasteiger partial charge in [-0.15, -0.1) is 0 Å². The molecule has 0 aromatic heterocycles. The van der Waals surface area contributed by atoms with E-state index in [1.165, 1.54) is 38.0 Å². The highest BCUT2D eigenvalue weighted by molar-refractivity contribution is 7.97. The zero-order chi connectivity index (χ0) is 7.66. The summed E-state index contributed by atoms with van der Waals surface area (Å²) < 4.78 is 3.31. The number of unbranched alkanes of at least 4 members (excludes halogenated alkanes) is 3. The van der Waals surface area contributed by atoms with Crippen molar-refractivity contribution in [2.24, 2.45) is 0 Å². The Morgan fingerprint density at radius 1 is 1.10 bits per heavy atom. The largest absolute Gasteiger partial charge is 0.264 e. The molecular formula is C8H19NS. The fourth-order valence-electron chi connectivity index (χ4n) is 0.798. The first kappa shape index (κ1) is 10.3. The van der Waals surface area contributed by atoms with Crippen LogP contribution in [-0.2, 0) is 0 Å². The molecule has 0 radical (unpaired) electrons. The zero-order valence-electron chi connectivity index (χ0n) is 7.15. The molecule has 0 fully saturated rings. The molecule has 0 saturated heterocycles. The third kappa shape index (κ3) is 8.31. The van der Waals surface area contributed by atoms with E-state index in [9.17, 15) is 0 Å². The first-order valence-corrected chi connectivity index (χ1v) is 5.25. The highest BCUT2D eigenvalue weighted by Gasteiger charge is 1.86. The van der Waals surface area contributed by atoms with E-state index >= 15 is 0 Å². The number of nitrogens with one attached hydrogen (secondary N) is 1. The van der Waals surface area contributed by atoms with E-state index in [0.29, 0.717) is 0 Å². The predicted molar refractivity (Wildman–Crippen MR) is 50.3 cm³/mol. The van der Waals surface area contributed by atoms with Crippen molar-refractivity contribution in [1.82, 2.24) is 4.72 Å². The number of rotatable bonds is 7. The van der Waals surface area contributed by atoms with Crippen molar-refractivity contribution in [3.05, 3.63) is 0 Å². The average molecular weight is 161 g/mol. The number of hydrogen-bond acceptors (Lipinski definition) is 2. The van der Waals surface area contributed by atoms with Crippen LogP contribution in [0.3, 0.4) is 0 Å². The Balaban J connectivity index is 2.65. The van der Waals surface area contributed by atoms with E-state index in [-0.39, 0.29) is 0 Å². The normalized spacial score (nSPS) is 10.2. The van der Waals surface area contributed by atoms with Crippen LogP contribution in [0.5, 0.6) is 0 Å². The van der Waals surface area contributed by atoms with E-state index < -0.39 is 0 Å². The third-order valence-electron chi connectivity index (χ3n) is 1.38. The molecule has 1 N–H and O–H groups in total. The lowest BCUT2D eigenvalue weighted by molar-refractivity contribution is 0.663. The van der Waals surface area contributed by atoms with E-state index in [4.69, 9.17) is 0 Å². The smallest absolute Gasteiger partial charge is 0.00585 e. The lowest BCUT2D eigenvalue weighted by Gasteiger charge is -2.00. The van der Waals surface area contributed by atoms with Crippen LogP contribution in [0.1, 0.15) is 39.5 Å². The Labute approximate surface area is 69.1 Å². The molecule has 0 spiro atoms. The Hall–Kier alpha value is 0.310. The van der Waals surface area contributed by atoms with Crippen LogP contribution in [0.15, 0.2) is 0 Å². The highest BCUT2D eigenvalue weighted by atomic mass is 32.2. The van der Waals surface area contributed by atoms with Gasteiger partial charge in [-0.25, -0.2) is 0 Å². The third-order valence-corrected chi connectivity index (χ3v) is 2.08. The van der Waals surface area contributed by atoms with Crippen molar-refractivity contribution >= 4 is 11.9 Å². The van der Waals surface area contributed by atoms with Crippen LogP contribution in [0.25, 0.3) is 0 Å². The molecule has 0 atom stereocenters. The molecule has 10 heavy (non-hydrogen) atoms. The van der Waals surface area contributed by atoms with Crippen LogP contribution in [0, 0.1) is 0 Å². The summed E-state index contributed by atoms with van der Waals surface area (Å²) in [5, 5.41) is 0. The van der Waals surface area contributed by atoms with Crippen molar-refractivity contribution in [3.63, 3.8) is 0 Å². The van der Waals surface area contributed by atoms with Gasteiger partial charge in [0.05, 0.1) is 0 Å². The summed E-state index contributed by atoms with van der Waals surface area (Å²) in [6.07, 6.45) is 5.44. The van der Waals surface area contributed by atoms with Crippen LogP contribution in [-0.4, -0.2) is 12.3 Å². The second kappa shape index (κ2) is 9.31. The molecule has 0 amide bonds. The molecule has 0 aliphatic rings. The lowest BCUT2D eigenvalue weighted by atomic mass is 10.2. The van der Waals surface area contributed by atoms with Gasteiger partial charge in [-0.1, -0.05) is 45.1 Å². The minimum Gasteiger partial charge on any atom is -0.264 e. The summed E-state index contributed by atoms with van der Waals surface area (Å²) in [7, 11) is 0. The Kier molecular flexibility index (Phi) is 9.60. The summed E-state index contributed by atoms with van der Waals surface area (Å²) in [6, 6.07) is 0. The van der Waals surface area contributed by atoms with Crippen LogP contribution in [0.4, 0.5) is 0 Å². The monoisotopic (exact) mass is 161 g/mol. The molecule has 2 heteroatoms. The van der Waals surface area contributed by atoms with Gasteiger partial charge in [-0.05, 0) is 6.42 Å². The second-order valence-electron chi connectivity index (χ2n) is 2.39. The standard InChI is InChI=1S/C8H19NS/c1-3-5-6-7-8-9-10-4-2/h9H,3-8H2,1-2H3. The summed E-state index contributed by atoms with van der Waals surface area (Å²) >= 11 is 1.82. The van der Waals surface area contributed by atoms with Gasteiger partial charge in [-0.2, -0.15) is 0 Å². The molecule has 0 aromatic carbocycles. The first-order valence-electron chi connectivity index (χ1n) is 4.26. The quantitative estimate of drug-likeness (QED) is 0.455. The van der Waals surface area contributed by atoms with Crippen molar-refractivity contribution in [2.45, 2.75) is 39.5 Å². The number of hydrogen-bond donors (Lipinski definition) is 1. The molecule has 62 valence electrons. The van der Waals surface area contributed by atoms with Crippen molar-refractivity contribution in [2.75, 3.05) is 12.3 Å². The maximum Gasteiger partial charge on any atom is 0.00585 e. The molecule has 0 saturated carbocycles. The van der Waals surface area contributed by atoms with Gasteiger partial charge >= 0.3 is 0 Å². The van der Waals surface area contributed by atoms with Crippen LogP contribution >= 0.6 is 11.9 Å². The van der Waals surface area contributed by atoms with Gasteiger partial charge in [-0.3, -0.25) is 4.72 Å². The molecule has 0 heterocycles. The van der Waals surface area contributed by atoms with Crippen LogP contribution < -0.4 is 4.72 Å². The lowest BCUT2D eigenvalue weighted by Crippen LogP contribution is -2.05. The highest BCUT2D eigenvalue weighted by Crippen LogP contribution is 1.98. The zero-order valence-corrected chi connectivity index (χ0v) is 7.97. The molecule has 0 unspecified atom stereocenters. The topological polar surface area (TPSA) is 12.0 Å². The van der Waals surface area contributed by atoms with E-state index in [1.54, 1.807) is 0 Å². The average Bonchev–Trinajstić information content (AvgIpc) is 1.97. The molecule has 0 aliphatic heterocycles. The molecule has 1 nitrogen and oxygen atoms in total. The van der Waals surface area contributed by atoms with Gasteiger partial charge in [0.2, 0.25) is 0 Å².